The Bertz CT molecular complexity index is 542. The lowest BCUT2D eigenvalue weighted by atomic mass is 10.1. The van der Waals surface area contributed by atoms with E-state index in [1.54, 1.807) is 18.9 Å². The van der Waals surface area contributed by atoms with Gasteiger partial charge in [-0.05, 0) is 28.9 Å². The van der Waals surface area contributed by atoms with Crippen molar-refractivity contribution in [3.05, 3.63) is 35.4 Å². The lowest BCUT2D eigenvalue weighted by molar-refractivity contribution is 0.184. The second-order valence-electron chi connectivity index (χ2n) is 3.99. The average molecular weight is 295 g/mol. The van der Waals surface area contributed by atoms with Gasteiger partial charge in [-0.25, -0.2) is 0 Å². The van der Waals surface area contributed by atoms with E-state index < -0.39 is 0 Å². The van der Waals surface area contributed by atoms with E-state index >= 15 is 0 Å². The summed E-state index contributed by atoms with van der Waals surface area (Å²) in [6.45, 7) is 1.37. The first-order chi connectivity index (χ1) is 9.26. The number of benzene rings is 1. The maximum Gasteiger partial charge on any atom is 0.153 e. The van der Waals surface area contributed by atoms with Gasteiger partial charge in [0.05, 0.1) is 11.5 Å². The highest BCUT2D eigenvalue weighted by Crippen LogP contribution is 2.34. The van der Waals surface area contributed by atoms with Crippen LogP contribution in [0.2, 0.25) is 0 Å². The molecule has 0 atom stereocenters. The summed E-state index contributed by atoms with van der Waals surface area (Å²) in [6, 6.07) is 8.24. The first kappa shape index (κ1) is 14.2. The molecule has 0 radical (unpaired) electrons. The number of nitrogen functional groups attached to an aromatic ring is 1. The fourth-order valence-electron chi connectivity index (χ4n) is 1.81. The normalized spacial score (nSPS) is 10.6. The maximum absolute atomic E-state index is 5.82. The van der Waals surface area contributed by atoms with Gasteiger partial charge in [-0.3, -0.25) is 0 Å². The molecule has 0 spiro atoms. The molecule has 0 bridgehead atoms. The van der Waals surface area contributed by atoms with Crippen LogP contribution in [-0.2, 0) is 17.9 Å². The molecule has 0 fully saturated rings. The summed E-state index contributed by atoms with van der Waals surface area (Å²) in [5.74, 6) is 0.602. The van der Waals surface area contributed by atoms with E-state index in [0.29, 0.717) is 12.4 Å². The molecular weight excluding hydrogens is 278 g/mol. The second-order valence-corrected chi connectivity index (χ2v) is 5.58. The van der Waals surface area contributed by atoms with Gasteiger partial charge >= 0.3 is 0 Å². The van der Waals surface area contributed by atoms with Crippen molar-refractivity contribution in [2.24, 2.45) is 0 Å². The molecule has 3 N–H and O–H groups in total. The van der Waals surface area contributed by atoms with Crippen LogP contribution in [0, 0.1) is 0 Å². The summed E-state index contributed by atoms with van der Waals surface area (Å²) in [5.41, 5.74) is 8.24. The largest absolute Gasteiger partial charge is 0.382 e. The van der Waals surface area contributed by atoms with E-state index in [-0.39, 0.29) is 0 Å². The SMILES string of the molecule is COCc1ccccc1CNc1snc(N)c1SC. The molecule has 19 heavy (non-hydrogen) atoms. The number of nitrogens with one attached hydrogen (secondary N) is 1. The van der Waals surface area contributed by atoms with Gasteiger partial charge in [-0.1, -0.05) is 24.3 Å². The van der Waals surface area contributed by atoms with Crippen LogP contribution in [0.1, 0.15) is 11.1 Å². The zero-order chi connectivity index (χ0) is 13.7. The zero-order valence-electron chi connectivity index (χ0n) is 11.0. The molecule has 102 valence electrons. The molecule has 1 aromatic carbocycles. The zero-order valence-corrected chi connectivity index (χ0v) is 12.6. The number of hydrogen-bond donors (Lipinski definition) is 2. The molecule has 0 saturated carbocycles. The van der Waals surface area contributed by atoms with Crippen molar-refractivity contribution >= 4 is 34.1 Å². The molecule has 2 rings (SSSR count). The van der Waals surface area contributed by atoms with Crippen LogP contribution in [0.4, 0.5) is 10.8 Å². The number of nitrogens with zero attached hydrogens (tertiary/aromatic N) is 1. The molecule has 6 heteroatoms. The summed E-state index contributed by atoms with van der Waals surface area (Å²) in [4.78, 5) is 1.02. The van der Waals surface area contributed by atoms with E-state index in [0.717, 1.165) is 16.4 Å². The molecule has 0 aliphatic rings. The summed E-state index contributed by atoms with van der Waals surface area (Å²) >= 11 is 3.02. The lowest BCUT2D eigenvalue weighted by Gasteiger charge is -2.10. The molecule has 0 unspecified atom stereocenters. The number of ether oxygens (including phenoxy) is 1. The minimum Gasteiger partial charge on any atom is -0.382 e. The van der Waals surface area contributed by atoms with Crippen molar-refractivity contribution in [3.8, 4) is 0 Å². The third-order valence-corrected chi connectivity index (χ3v) is 4.51. The summed E-state index contributed by atoms with van der Waals surface area (Å²) in [6.07, 6.45) is 2.00. The molecule has 2 aromatic rings. The van der Waals surface area contributed by atoms with Gasteiger partial charge in [0.1, 0.15) is 5.00 Å². The lowest BCUT2D eigenvalue weighted by Crippen LogP contribution is -2.03. The van der Waals surface area contributed by atoms with Crippen LogP contribution in [0.25, 0.3) is 0 Å². The van der Waals surface area contributed by atoms with E-state index in [2.05, 4.69) is 21.8 Å². The number of anilines is 2. The fraction of sp³-hybridized carbons (Fsp3) is 0.308. The van der Waals surface area contributed by atoms with Crippen molar-refractivity contribution in [1.29, 1.82) is 0 Å². The Morgan fingerprint density at radius 1 is 1.37 bits per heavy atom. The van der Waals surface area contributed by atoms with Gasteiger partial charge in [0.25, 0.3) is 0 Å². The van der Waals surface area contributed by atoms with Crippen molar-refractivity contribution < 1.29 is 4.74 Å². The number of methoxy groups -OCH3 is 1. The Morgan fingerprint density at radius 2 is 2.11 bits per heavy atom. The number of rotatable bonds is 6. The maximum atomic E-state index is 5.82. The van der Waals surface area contributed by atoms with Gasteiger partial charge in [0.2, 0.25) is 0 Å². The highest BCUT2D eigenvalue weighted by molar-refractivity contribution is 7.99. The van der Waals surface area contributed by atoms with Gasteiger partial charge in [0, 0.05) is 13.7 Å². The Labute approximate surface area is 121 Å². The van der Waals surface area contributed by atoms with Crippen molar-refractivity contribution in [3.63, 3.8) is 0 Å². The van der Waals surface area contributed by atoms with Gasteiger partial charge in [0.15, 0.2) is 5.82 Å². The topological polar surface area (TPSA) is 60.2 Å². The average Bonchev–Trinajstić information content (AvgIpc) is 2.78. The Balaban J connectivity index is 2.10. The fourth-order valence-corrected chi connectivity index (χ4v) is 3.34. The first-order valence-electron chi connectivity index (χ1n) is 5.85. The quantitative estimate of drug-likeness (QED) is 0.801. The van der Waals surface area contributed by atoms with E-state index in [4.69, 9.17) is 10.5 Å². The van der Waals surface area contributed by atoms with Gasteiger partial charge in [-0.2, -0.15) is 4.37 Å². The molecule has 1 heterocycles. The van der Waals surface area contributed by atoms with Crippen molar-refractivity contribution in [2.75, 3.05) is 24.4 Å². The molecule has 0 aliphatic carbocycles. The van der Waals surface area contributed by atoms with E-state index in [1.807, 2.05) is 18.4 Å². The van der Waals surface area contributed by atoms with Crippen LogP contribution in [0.15, 0.2) is 29.2 Å². The molecular formula is C13H17N3OS2. The van der Waals surface area contributed by atoms with E-state index in [9.17, 15) is 0 Å². The third-order valence-electron chi connectivity index (χ3n) is 2.74. The highest BCUT2D eigenvalue weighted by atomic mass is 32.2. The standard InChI is InChI=1S/C13H17N3OS2/c1-17-8-10-6-4-3-5-9(10)7-15-13-11(18-2)12(14)16-19-13/h3-6,15H,7-8H2,1-2H3,(H2,14,16). The van der Waals surface area contributed by atoms with Gasteiger partial charge in [-0.15, -0.1) is 11.8 Å². The molecule has 0 saturated heterocycles. The number of hydrogen-bond acceptors (Lipinski definition) is 6. The molecule has 4 nitrogen and oxygen atoms in total. The summed E-state index contributed by atoms with van der Waals surface area (Å²) in [7, 11) is 1.71. The Kier molecular flexibility index (Phi) is 5.07. The molecule has 0 amide bonds. The van der Waals surface area contributed by atoms with Crippen LogP contribution in [-0.4, -0.2) is 17.7 Å². The highest BCUT2D eigenvalue weighted by Gasteiger charge is 2.10. The number of nitrogens with two attached hydrogens (primary N) is 1. The second kappa shape index (κ2) is 6.79. The van der Waals surface area contributed by atoms with Crippen molar-refractivity contribution in [2.45, 2.75) is 18.0 Å². The Morgan fingerprint density at radius 3 is 2.79 bits per heavy atom. The smallest absolute Gasteiger partial charge is 0.153 e. The third kappa shape index (κ3) is 3.40. The molecule has 0 aliphatic heterocycles. The van der Waals surface area contributed by atoms with Crippen LogP contribution >= 0.6 is 23.3 Å². The summed E-state index contributed by atoms with van der Waals surface area (Å²) < 4.78 is 9.38. The van der Waals surface area contributed by atoms with Gasteiger partial charge < -0.3 is 15.8 Å². The van der Waals surface area contributed by atoms with Crippen molar-refractivity contribution in [1.82, 2.24) is 4.37 Å². The number of thioether (sulfide) groups is 1. The predicted molar refractivity (Wildman–Crippen MR) is 82.8 cm³/mol. The van der Waals surface area contributed by atoms with Crippen LogP contribution in [0.5, 0.6) is 0 Å². The van der Waals surface area contributed by atoms with E-state index in [1.165, 1.54) is 22.7 Å². The predicted octanol–water partition coefficient (Wildman–Crippen LogP) is 3.21. The minimum atomic E-state index is 0.602. The summed E-state index contributed by atoms with van der Waals surface area (Å²) in [5, 5.41) is 4.42. The number of aromatic nitrogens is 1. The van der Waals surface area contributed by atoms with Crippen LogP contribution < -0.4 is 11.1 Å². The Hall–Kier alpha value is -1.24. The molecule has 1 aromatic heterocycles. The minimum absolute atomic E-state index is 0.602. The van der Waals surface area contributed by atoms with Crippen LogP contribution in [0.3, 0.4) is 0 Å². The monoisotopic (exact) mass is 295 g/mol. The first-order valence-corrected chi connectivity index (χ1v) is 7.84.